The van der Waals surface area contributed by atoms with Crippen LogP contribution in [0.15, 0.2) is 57.4 Å². The fraction of sp³-hybridized carbons (Fsp3) is 0.188. The molecule has 5 N–H and O–H groups in total. The first-order chi connectivity index (χ1) is 11.7. The van der Waals surface area contributed by atoms with Crippen LogP contribution in [0.2, 0.25) is 0 Å². The van der Waals surface area contributed by atoms with Crippen molar-refractivity contribution in [2.45, 2.75) is 13.5 Å². The summed E-state index contributed by atoms with van der Waals surface area (Å²) in [6, 6.07) is 4.66. The molecule has 1 rings (SSSR count). The van der Waals surface area contributed by atoms with Gasteiger partial charge in [0.25, 0.3) is 0 Å². The van der Waals surface area contributed by atoms with E-state index in [2.05, 4.69) is 38.4 Å². The molecule has 0 atom stereocenters. The number of rotatable bonds is 6. The van der Waals surface area contributed by atoms with Gasteiger partial charge in [-0.1, -0.05) is 28.6 Å². The number of nitrogens with zero attached hydrogens (tertiary/aromatic N) is 2. The Hall–Kier alpha value is -1.81. The van der Waals surface area contributed by atoms with Gasteiger partial charge < -0.3 is 9.84 Å². The second-order valence-corrected chi connectivity index (χ2v) is 6.68. The van der Waals surface area contributed by atoms with Crippen molar-refractivity contribution in [1.82, 2.24) is 5.01 Å². The molecule has 0 aliphatic rings. The van der Waals surface area contributed by atoms with Crippen LogP contribution in [0.5, 0.6) is 0 Å². The third kappa shape index (κ3) is 5.89. The predicted octanol–water partition coefficient (Wildman–Crippen LogP) is 3.83. The highest BCUT2D eigenvalue weighted by Gasteiger charge is 2.19. The Morgan fingerprint density at radius 3 is 2.64 bits per heavy atom. The maximum atomic E-state index is 12.0. The lowest BCUT2D eigenvalue weighted by molar-refractivity contribution is 0.199. The van der Waals surface area contributed by atoms with Crippen molar-refractivity contribution in [1.29, 1.82) is 0 Å². The van der Waals surface area contributed by atoms with Crippen LogP contribution in [0.1, 0.15) is 12.5 Å². The minimum Gasteiger partial charge on any atom is -0.508 e. The number of benzene rings is 1. The van der Waals surface area contributed by atoms with E-state index < -0.39 is 6.03 Å². The monoisotopic (exact) mass is 474 g/mol. The summed E-state index contributed by atoms with van der Waals surface area (Å²) in [7, 11) is 1.40. The van der Waals surface area contributed by atoms with Crippen molar-refractivity contribution in [3.63, 3.8) is 0 Å². The molecular formula is C16H20Br2N4O3. The predicted molar refractivity (Wildman–Crippen MR) is 105 cm³/mol. The molecule has 0 aliphatic heterocycles. The zero-order valence-corrected chi connectivity index (χ0v) is 17.0. The van der Waals surface area contributed by atoms with E-state index in [0.717, 1.165) is 14.5 Å². The van der Waals surface area contributed by atoms with Crippen molar-refractivity contribution in [2.75, 3.05) is 12.1 Å². The van der Waals surface area contributed by atoms with Gasteiger partial charge in [0.1, 0.15) is 18.1 Å². The lowest BCUT2D eigenvalue weighted by Crippen LogP contribution is -2.49. The van der Waals surface area contributed by atoms with E-state index in [1.807, 2.05) is 6.07 Å². The highest BCUT2D eigenvalue weighted by Crippen LogP contribution is 2.29. The van der Waals surface area contributed by atoms with Crippen LogP contribution >= 0.6 is 31.9 Å². The van der Waals surface area contributed by atoms with Crippen molar-refractivity contribution in [2.24, 2.45) is 11.7 Å². The highest BCUT2D eigenvalue weighted by atomic mass is 79.9. The molecule has 0 radical (unpaired) electrons. The van der Waals surface area contributed by atoms with E-state index in [1.54, 1.807) is 19.1 Å². The molecule has 0 spiro atoms. The molecule has 9 heteroatoms. The number of urea groups is 1. The number of anilines is 1. The Labute approximate surface area is 163 Å². The average Bonchev–Trinajstić information content (AvgIpc) is 2.58. The molecule has 1 aromatic rings. The van der Waals surface area contributed by atoms with E-state index in [9.17, 15) is 9.90 Å². The highest BCUT2D eigenvalue weighted by molar-refractivity contribution is 9.12. The smallest absolute Gasteiger partial charge is 0.352 e. The molecule has 0 saturated heterocycles. The Morgan fingerprint density at radius 2 is 2.08 bits per heavy atom. The molecule has 0 fully saturated rings. The Balaban J connectivity index is 3.09. The number of allylic oxidation sites excluding steroid dienone is 4. The van der Waals surface area contributed by atoms with Crippen LogP contribution in [0.3, 0.4) is 0 Å². The number of halogens is 2. The SMILES string of the molecule is C=C/C(O)=C\C(Br)=C(/C)OCc1c(Br)cccc1N(N)C(=O)N(C)N. The van der Waals surface area contributed by atoms with Gasteiger partial charge in [0.05, 0.1) is 10.2 Å². The van der Waals surface area contributed by atoms with Gasteiger partial charge in [-0.3, -0.25) is 5.01 Å². The van der Waals surface area contributed by atoms with Crippen molar-refractivity contribution >= 4 is 43.6 Å². The topological polar surface area (TPSA) is 105 Å². The number of nitrogens with two attached hydrogens (primary N) is 2. The maximum Gasteiger partial charge on any atom is 0.352 e. The van der Waals surface area contributed by atoms with E-state index >= 15 is 0 Å². The van der Waals surface area contributed by atoms with Crippen LogP contribution in [0.4, 0.5) is 10.5 Å². The van der Waals surface area contributed by atoms with E-state index in [1.165, 1.54) is 19.2 Å². The Bertz CT molecular complexity index is 717. The van der Waals surface area contributed by atoms with Gasteiger partial charge in [0.2, 0.25) is 0 Å². The number of hydrazine groups is 2. The molecule has 0 bridgehead atoms. The standard InChI is InChI=1S/C16H20Br2N4O3/c1-4-11(23)8-14(18)10(2)25-9-12-13(17)6-5-7-15(12)22(20)16(24)21(3)19/h4-8,23H,1,9,19-20H2,2-3H3/b11-8+,14-10-. The van der Waals surface area contributed by atoms with E-state index in [0.29, 0.717) is 21.5 Å². The molecule has 0 aromatic heterocycles. The zero-order chi connectivity index (χ0) is 19.1. The lowest BCUT2D eigenvalue weighted by atomic mass is 10.2. The first-order valence-corrected chi connectivity index (χ1v) is 8.64. The summed E-state index contributed by atoms with van der Waals surface area (Å²) >= 11 is 6.74. The molecule has 0 heterocycles. The van der Waals surface area contributed by atoms with Crippen LogP contribution < -0.4 is 16.7 Å². The second kappa shape index (κ2) is 9.62. The first-order valence-electron chi connectivity index (χ1n) is 7.05. The third-order valence-corrected chi connectivity index (χ3v) is 4.64. The van der Waals surface area contributed by atoms with Gasteiger partial charge in [0.15, 0.2) is 0 Å². The fourth-order valence-corrected chi connectivity index (χ4v) is 2.55. The van der Waals surface area contributed by atoms with Crippen molar-refractivity contribution in [3.8, 4) is 0 Å². The molecule has 2 amide bonds. The molecule has 136 valence electrons. The number of hydrogen-bond donors (Lipinski definition) is 3. The lowest BCUT2D eigenvalue weighted by Gasteiger charge is -2.24. The van der Waals surface area contributed by atoms with Crippen LogP contribution in [0.25, 0.3) is 0 Å². The Morgan fingerprint density at radius 1 is 1.44 bits per heavy atom. The normalized spacial score (nSPS) is 12.3. The summed E-state index contributed by atoms with van der Waals surface area (Å²) in [4.78, 5) is 12.0. The van der Waals surface area contributed by atoms with Gasteiger partial charge in [-0.2, -0.15) is 0 Å². The molecule has 7 nitrogen and oxygen atoms in total. The number of aliphatic hydroxyl groups excluding tert-OH is 1. The number of amides is 2. The number of ether oxygens (including phenoxy) is 1. The summed E-state index contributed by atoms with van der Waals surface area (Å²) in [5.41, 5.74) is 1.11. The Kier molecular flexibility index (Phi) is 8.17. The largest absolute Gasteiger partial charge is 0.508 e. The summed E-state index contributed by atoms with van der Waals surface area (Å²) < 4.78 is 7.00. The van der Waals surface area contributed by atoms with Gasteiger partial charge in [-0.15, -0.1) is 0 Å². The second-order valence-electron chi connectivity index (χ2n) is 4.97. The first kappa shape index (κ1) is 21.2. The molecule has 0 aliphatic carbocycles. The van der Waals surface area contributed by atoms with Crippen molar-refractivity contribution in [3.05, 3.63) is 63.0 Å². The minimum atomic E-state index is -0.577. The number of carbonyl (C=O) groups excluding carboxylic acids is 1. The van der Waals surface area contributed by atoms with Crippen molar-refractivity contribution < 1.29 is 14.6 Å². The quantitative estimate of drug-likeness (QED) is 0.190. The molecule has 0 saturated carbocycles. The van der Waals surface area contributed by atoms with E-state index in [4.69, 9.17) is 16.4 Å². The van der Waals surface area contributed by atoms with Crippen LogP contribution in [0, 0.1) is 0 Å². The molecule has 25 heavy (non-hydrogen) atoms. The summed E-state index contributed by atoms with van der Waals surface area (Å²) in [6.45, 7) is 5.33. The molecule has 1 aromatic carbocycles. The van der Waals surface area contributed by atoms with Crippen LogP contribution in [-0.4, -0.2) is 23.2 Å². The van der Waals surface area contributed by atoms with Gasteiger partial charge in [-0.05, 0) is 47.1 Å². The maximum absolute atomic E-state index is 12.0. The van der Waals surface area contributed by atoms with Gasteiger partial charge in [0, 0.05) is 17.1 Å². The molecular weight excluding hydrogens is 456 g/mol. The third-order valence-electron chi connectivity index (χ3n) is 3.11. The number of hydrogen-bond acceptors (Lipinski definition) is 5. The fourth-order valence-electron chi connectivity index (χ4n) is 1.73. The van der Waals surface area contributed by atoms with Gasteiger partial charge >= 0.3 is 6.03 Å². The summed E-state index contributed by atoms with van der Waals surface area (Å²) in [6.07, 6.45) is 2.77. The van der Waals surface area contributed by atoms with Crippen LogP contribution in [-0.2, 0) is 11.3 Å². The summed E-state index contributed by atoms with van der Waals surface area (Å²) in [5.74, 6) is 11.9. The van der Waals surface area contributed by atoms with E-state index in [-0.39, 0.29) is 12.4 Å². The van der Waals surface area contributed by atoms with Gasteiger partial charge in [-0.25, -0.2) is 21.5 Å². The molecule has 0 unspecified atom stereocenters. The number of carbonyl (C=O) groups is 1. The minimum absolute atomic E-state index is 0.00104. The number of aliphatic hydroxyl groups is 1. The average molecular weight is 476 g/mol. The zero-order valence-electron chi connectivity index (χ0n) is 13.9. The summed E-state index contributed by atoms with van der Waals surface area (Å²) in [5, 5.41) is 11.3.